The van der Waals surface area contributed by atoms with E-state index < -0.39 is 11.6 Å². The molecule has 104 valence electrons. The normalized spacial score (nSPS) is 24.6. The highest BCUT2D eigenvalue weighted by molar-refractivity contribution is 5.74. The van der Waals surface area contributed by atoms with Crippen molar-refractivity contribution in [3.63, 3.8) is 0 Å². The second kappa shape index (κ2) is 6.18. The largest absolute Gasteiger partial charge is 0.480 e. The lowest BCUT2D eigenvalue weighted by Gasteiger charge is -2.32. The van der Waals surface area contributed by atoms with Gasteiger partial charge in [-0.15, -0.1) is 0 Å². The third-order valence-corrected chi connectivity index (χ3v) is 2.99. The summed E-state index contributed by atoms with van der Waals surface area (Å²) < 4.78 is 5.39. The minimum absolute atomic E-state index is 0.0790. The standard InChI is InChI=1S/C13H23NO4/c1-13(2,3)18-12(17)9-6-4-5-7-10(9)14-8-11(15)16/h9-10,14H,4-8H2,1-3H3,(H,15,16). The molecule has 0 radical (unpaired) electrons. The van der Waals surface area contributed by atoms with Crippen LogP contribution in [0.15, 0.2) is 0 Å². The number of ether oxygens (including phenoxy) is 1. The summed E-state index contributed by atoms with van der Waals surface area (Å²) in [5, 5.41) is 11.6. The lowest BCUT2D eigenvalue weighted by Crippen LogP contribution is -2.46. The van der Waals surface area contributed by atoms with Gasteiger partial charge in [-0.1, -0.05) is 12.8 Å². The smallest absolute Gasteiger partial charge is 0.317 e. The van der Waals surface area contributed by atoms with Crippen LogP contribution in [-0.2, 0) is 14.3 Å². The molecular weight excluding hydrogens is 234 g/mol. The van der Waals surface area contributed by atoms with Crippen LogP contribution in [0.2, 0.25) is 0 Å². The minimum atomic E-state index is -0.900. The number of carboxylic acids is 1. The summed E-state index contributed by atoms with van der Waals surface area (Å²) in [6.45, 7) is 5.41. The van der Waals surface area contributed by atoms with Crippen LogP contribution in [0.5, 0.6) is 0 Å². The Kier molecular flexibility index (Phi) is 5.14. The fraction of sp³-hybridized carbons (Fsp3) is 0.846. The maximum atomic E-state index is 12.1. The third kappa shape index (κ3) is 5.04. The summed E-state index contributed by atoms with van der Waals surface area (Å²) in [7, 11) is 0. The molecule has 5 heteroatoms. The predicted molar refractivity (Wildman–Crippen MR) is 67.2 cm³/mol. The van der Waals surface area contributed by atoms with Gasteiger partial charge in [0, 0.05) is 6.04 Å². The van der Waals surface area contributed by atoms with Gasteiger partial charge in [-0.05, 0) is 33.6 Å². The lowest BCUT2D eigenvalue weighted by molar-refractivity contribution is -0.162. The maximum Gasteiger partial charge on any atom is 0.317 e. The summed E-state index contributed by atoms with van der Waals surface area (Å²) in [5.74, 6) is -1.34. The summed E-state index contributed by atoms with van der Waals surface area (Å²) >= 11 is 0. The quantitative estimate of drug-likeness (QED) is 0.747. The summed E-state index contributed by atoms with van der Waals surface area (Å²) in [5.41, 5.74) is -0.494. The van der Waals surface area contributed by atoms with Gasteiger partial charge in [-0.2, -0.15) is 0 Å². The first-order valence-corrected chi connectivity index (χ1v) is 6.47. The van der Waals surface area contributed by atoms with E-state index in [1.165, 1.54) is 0 Å². The highest BCUT2D eigenvalue weighted by Crippen LogP contribution is 2.27. The molecule has 18 heavy (non-hydrogen) atoms. The van der Waals surface area contributed by atoms with Crippen molar-refractivity contribution in [2.45, 2.75) is 58.1 Å². The summed E-state index contributed by atoms with van der Waals surface area (Å²) in [6.07, 6.45) is 3.62. The first-order valence-electron chi connectivity index (χ1n) is 6.47. The van der Waals surface area contributed by atoms with E-state index >= 15 is 0 Å². The van der Waals surface area contributed by atoms with Gasteiger partial charge in [-0.3, -0.25) is 9.59 Å². The van der Waals surface area contributed by atoms with Crippen LogP contribution < -0.4 is 5.32 Å². The zero-order chi connectivity index (χ0) is 13.8. The Morgan fingerprint density at radius 2 is 1.89 bits per heavy atom. The number of nitrogens with one attached hydrogen (secondary N) is 1. The number of carboxylic acid groups (broad SMARTS) is 1. The van der Waals surface area contributed by atoms with Crippen molar-refractivity contribution in [2.24, 2.45) is 5.92 Å². The summed E-state index contributed by atoms with van der Waals surface area (Å²) in [4.78, 5) is 22.6. The van der Waals surface area contributed by atoms with Gasteiger partial charge >= 0.3 is 11.9 Å². The highest BCUT2D eigenvalue weighted by atomic mass is 16.6. The molecular formula is C13H23NO4. The van der Waals surface area contributed by atoms with Crippen LogP contribution in [-0.4, -0.2) is 35.2 Å². The van der Waals surface area contributed by atoms with Crippen molar-refractivity contribution in [1.82, 2.24) is 5.32 Å². The van der Waals surface area contributed by atoms with Crippen LogP contribution in [0.1, 0.15) is 46.5 Å². The van der Waals surface area contributed by atoms with Crippen molar-refractivity contribution >= 4 is 11.9 Å². The summed E-state index contributed by atoms with van der Waals surface area (Å²) in [6, 6.07) is -0.0790. The second-order valence-corrected chi connectivity index (χ2v) is 5.81. The number of hydrogen-bond donors (Lipinski definition) is 2. The average Bonchev–Trinajstić information content (AvgIpc) is 2.24. The third-order valence-electron chi connectivity index (χ3n) is 2.99. The maximum absolute atomic E-state index is 12.1. The Morgan fingerprint density at radius 1 is 1.28 bits per heavy atom. The molecule has 1 rings (SSSR count). The molecule has 1 saturated carbocycles. The van der Waals surface area contributed by atoms with Crippen molar-refractivity contribution in [1.29, 1.82) is 0 Å². The van der Waals surface area contributed by atoms with Crippen molar-refractivity contribution in [3.8, 4) is 0 Å². The van der Waals surface area contributed by atoms with Gasteiger partial charge in [0.25, 0.3) is 0 Å². The zero-order valence-electron chi connectivity index (χ0n) is 11.4. The molecule has 2 N–H and O–H groups in total. The molecule has 1 fully saturated rings. The molecule has 0 aromatic heterocycles. The minimum Gasteiger partial charge on any atom is -0.480 e. The van der Waals surface area contributed by atoms with E-state index in [-0.39, 0.29) is 24.5 Å². The number of carbonyl (C=O) groups excluding carboxylic acids is 1. The van der Waals surface area contributed by atoms with Crippen LogP contribution >= 0.6 is 0 Å². The molecule has 0 aromatic rings. The fourth-order valence-corrected chi connectivity index (χ4v) is 2.25. The van der Waals surface area contributed by atoms with Crippen LogP contribution in [0, 0.1) is 5.92 Å². The van der Waals surface area contributed by atoms with Gasteiger partial charge < -0.3 is 15.2 Å². The van der Waals surface area contributed by atoms with Crippen molar-refractivity contribution in [3.05, 3.63) is 0 Å². The van der Waals surface area contributed by atoms with E-state index in [0.29, 0.717) is 0 Å². The second-order valence-electron chi connectivity index (χ2n) is 5.81. The number of aliphatic carboxylic acids is 1. The molecule has 0 heterocycles. The fourth-order valence-electron chi connectivity index (χ4n) is 2.25. The molecule has 0 amide bonds. The number of hydrogen-bond acceptors (Lipinski definition) is 4. The molecule has 0 aliphatic heterocycles. The van der Waals surface area contributed by atoms with Gasteiger partial charge in [0.05, 0.1) is 12.5 Å². The number of carbonyl (C=O) groups is 2. The molecule has 2 atom stereocenters. The van der Waals surface area contributed by atoms with E-state index in [1.807, 2.05) is 20.8 Å². The van der Waals surface area contributed by atoms with Gasteiger partial charge in [0.2, 0.25) is 0 Å². The number of esters is 1. The Bertz CT molecular complexity index is 309. The van der Waals surface area contributed by atoms with Crippen molar-refractivity contribution < 1.29 is 19.4 Å². The van der Waals surface area contributed by atoms with Crippen LogP contribution in [0.25, 0.3) is 0 Å². The molecule has 1 aliphatic carbocycles. The van der Waals surface area contributed by atoms with E-state index in [0.717, 1.165) is 25.7 Å². The first-order chi connectivity index (χ1) is 8.29. The lowest BCUT2D eigenvalue weighted by atomic mass is 9.84. The zero-order valence-corrected chi connectivity index (χ0v) is 11.4. The Morgan fingerprint density at radius 3 is 2.44 bits per heavy atom. The monoisotopic (exact) mass is 257 g/mol. The molecule has 2 unspecified atom stereocenters. The Balaban J connectivity index is 2.58. The Hall–Kier alpha value is -1.10. The molecule has 0 spiro atoms. The molecule has 0 aromatic carbocycles. The average molecular weight is 257 g/mol. The predicted octanol–water partition coefficient (Wildman–Crippen LogP) is 1.56. The molecule has 1 aliphatic rings. The molecule has 0 bridgehead atoms. The van der Waals surface area contributed by atoms with E-state index in [4.69, 9.17) is 9.84 Å². The van der Waals surface area contributed by atoms with Crippen LogP contribution in [0.4, 0.5) is 0 Å². The van der Waals surface area contributed by atoms with E-state index in [9.17, 15) is 9.59 Å². The first kappa shape index (κ1) is 15.0. The SMILES string of the molecule is CC(C)(C)OC(=O)C1CCCCC1NCC(=O)O. The van der Waals surface area contributed by atoms with Gasteiger partial charge in [0.15, 0.2) is 0 Å². The Labute approximate surface area is 108 Å². The van der Waals surface area contributed by atoms with E-state index in [1.54, 1.807) is 0 Å². The highest BCUT2D eigenvalue weighted by Gasteiger charge is 2.34. The van der Waals surface area contributed by atoms with Crippen molar-refractivity contribution in [2.75, 3.05) is 6.54 Å². The van der Waals surface area contributed by atoms with Gasteiger partial charge in [0.1, 0.15) is 5.60 Å². The number of rotatable bonds is 4. The molecule has 0 saturated heterocycles. The van der Waals surface area contributed by atoms with E-state index in [2.05, 4.69) is 5.32 Å². The van der Waals surface area contributed by atoms with Gasteiger partial charge in [-0.25, -0.2) is 0 Å². The van der Waals surface area contributed by atoms with Crippen LogP contribution in [0.3, 0.4) is 0 Å². The topological polar surface area (TPSA) is 75.6 Å². The molecule has 5 nitrogen and oxygen atoms in total.